The molecule has 4 aliphatic rings. The zero-order valence-electron chi connectivity index (χ0n) is 15.0. The number of rotatable bonds is 2. The van der Waals surface area contributed by atoms with Gasteiger partial charge in [-0.15, -0.1) is 0 Å². The molecule has 4 heteroatoms. The van der Waals surface area contributed by atoms with Crippen molar-refractivity contribution in [2.45, 2.75) is 58.8 Å². The Hall–Kier alpha value is -1.71. The predicted molar refractivity (Wildman–Crippen MR) is 92.8 cm³/mol. The third-order valence-electron chi connectivity index (χ3n) is 7.74. The molecule has 0 bridgehead atoms. The van der Waals surface area contributed by atoms with Crippen LogP contribution in [0.3, 0.4) is 0 Å². The van der Waals surface area contributed by atoms with Crippen LogP contribution in [-0.2, 0) is 14.4 Å². The Morgan fingerprint density at radius 3 is 2.72 bits per heavy atom. The van der Waals surface area contributed by atoms with Crippen molar-refractivity contribution < 1.29 is 19.5 Å². The molecule has 2 saturated carbocycles. The van der Waals surface area contributed by atoms with Crippen molar-refractivity contribution in [1.29, 1.82) is 0 Å². The number of aliphatic carboxylic acids is 1. The number of carboxylic acid groups (broad SMARTS) is 1. The Kier molecular flexibility index (Phi) is 3.61. The molecule has 0 unspecified atom stereocenters. The molecule has 1 N–H and O–H groups in total. The van der Waals surface area contributed by atoms with Crippen molar-refractivity contribution in [1.82, 2.24) is 0 Å². The summed E-state index contributed by atoms with van der Waals surface area (Å²) in [6, 6.07) is 0. The number of ketones is 2. The van der Waals surface area contributed by atoms with E-state index in [2.05, 4.69) is 19.9 Å². The Bertz CT molecular complexity index is 730. The van der Waals surface area contributed by atoms with E-state index in [1.807, 2.05) is 6.08 Å². The molecule has 0 aliphatic heterocycles. The van der Waals surface area contributed by atoms with Gasteiger partial charge in [0.05, 0.1) is 6.42 Å². The Morgan fingerprint density at radius 1 is 1.24 bits per heavy atom. The van der Waals surface area contributed by atoms with E-state index in [1.54, 1.807) is 0 Å². The third-order valence-corrected chi connectivity index (χ3v) is 7.74. The predicted octanol–water partition coefficient (Wildman–Crippen LogP) is 3.71. The van der Waals surface area contributed by atoms with Gasteiger partial charge >= 0.3 is 5.97 Å². The maximum absolute atomic E-state index is 13.3. The van der Waals surface area contributed by atoms with Crippen molar-refractivity contribution in [3.63, 3.8) is 0 Å². The molecule has 4 nitrogen and oxygen atoms in total. The van der Waals surface area contributed by atoms with Gasteiger partial charge in [0.2, 0.25) is 0 Å². The summed E-state index contributed by atoms with van der Waals surface area (Å²) in [7, 11) is 0. The molecule has 134 valence electrons. The Balaban J connectivity index is 1.70. The first kappa shape index (κ1) is 16.7. The lowest BCUT2D eigenvalue weighted by molar-refractivity contribution is -0.144. The second-order valence-corrected chi connectivity index (χ2v) is 8.94. The molecule has 0 aromatic rings. The fourth-order valence-electron chi connectivity index (χ4n) is 6.48. The van der Waals surface area contributed by atoms with Crippen molar-refractivity contribution in [3.8, 4) is 0 Å². The highest BCUT2D eigenvalue weighted by atomic mass is 16.4. The lowest BCUT2D eigenvalue weighted by Crippen LogP contribution is -2.54. The molecule has 0 aromatic carbocycles. The number of hydrogen-bond acceptors (Lipinski definition) is 3. The zero-order chi connectivity index (χ0) is 18.0. The van der Waals surface area contributed by atoms with Gasteiger partial charge in [-0.25, -0.2) is 0 Å². The summed E-state index contributed by atoms with van der Waals surface area (Å²) in [4.78, 5) is 36.4. The molecule has 2 fully saturated rings. The summed E-state index contributed by atoms with van der Waals surface area (Å²) in [6.45, 7) is 4.29. The first-order chi connectivity index (χ1) is 11.8. The van der Waals surface area contributed by atoms with Crippen LogP contribution in [0.4, 0.5) is 0 Å². The molecular weight excluding hydrogens is 316 g/mol. The van der Waals surface area contributed by atoms with Crippen LogP contribution in [0.1, 0.15) is 58.8 Å². The van der Waals surface area contributed by atoms with Crippen molar-refractivity contribution >= 4 is 17.5 Å². The van der Waals surface area contributed by atoms with Crippen molar-refractivity contribution in [2.24, 2.45) is 28.6 Å². The highest BCUT2D eigenvalue weighted by molar-refractivity contribution is 5.93. The maximum atomic E-state index is 13.3. The summed E-state index contributed by atoms with van der Waals surface area (Å²) >= 11 is 0. The average molecular weight is 342 g/mol. The summed E-state index contributed by atoms with van der Waals surface area (Å²) in [5, 5.41) is 9.23. The van der Waals surface area contributed by atoms with E-state index >= 15 is 0 Å². The molecule has 0 spiro atoms. The van der Waals surface area contributed by atoms with Crippen LogP contribution in [0, 0.1) is 28.6 Å². The summed E-state index contributed by atoms with van der Waals surface area (Å²) < 4.78 is 0. The van der Waals surface area contributed by atoms with Crippen molar-refractivity contribution in [3.05, 3.63) is 23.3 Å². The number of carbonyl (C=O) groups excluding carboxylic acids is 2. The second kappa shape index (κ2) is 5.39. The minimum absolute atomic E-state index is 0.00347. The lowest BCUT2D eigenvalue weighted by atomic mass is 9.46. The Labute approximate surface area is 148 Å². The first-order valence-electron chi connectivity index (χ1n) is 9.43. The molecule has 25 heavy (non-hydrogen) atoms. The van der Waals surface area contributed by atoms with E-state index in [4.69, 9.17) is 0 Å². The van der Waals surface area contributed by atoms with Crippen LogP contribution in [0.2, 0.25) is 0 Å². The van der Waals surface area contributed by atoms with Gasteiger partial charge in [-0.1, -0.05) is 31.1 Å². The molecule has 0 saturated heterocycles. The number of carbonyl (C=O) groups is 3. The normalized spacial score (nSPS) is 42.9. The Morgan fingerprint density at radius 2 is 2.00 bits per heavy atom. The molecule has 0 amide bonds. The number of fused-ring (bicyclic) bond motifs is 5. The van der Waals surface area contributed by atoms with E-state index in [9.17, 15) is 19.5 Å². The van der Waals surface area contributed by atoms with Gasteiger partial charge in [-0.2, -0.15) is 0 Å². The van der Waals surface area contributed by atoms with Gasteiger partial charge < -0.3 is 5.11 Å². The van der Waals surface area contributed by atoms with Gasteiger partial charge in [0.25, 0.3) is 0 Å². The van der Waals surface area contributed by atoms with Gasteiger partial charge in [0.1, 0.15) is 5.78 Å². The fourth-order valence-corrected chi connectivity index (χ4v) is 6.48. The minimum Gasteiger partial charge on any atom is -0.481 e. The standard InChI is InChI=1S/C21H26O4/c1-20-8-7-14(22)9-12(20)3-5-15-16-6-4-13(10-18(24)25)21(16,2)11-17(23)19(15)20/h4,9,15-16,19H,3,5-8,10-11H2,1-2H3,(H,24,25)/t15-,16-,19+,20-,21+/m0/s1. The van der Waals surface area contributed by atoms with E-state index in [1.165, 1.54) is 5.57 Å². The molecule has 4 aliphatic carbocycles. The SMILES string of the molecule is C[C@]12CCC(=O)C=C1CC[C@@H]1[C@@H]2C(=O)C[C@]2(C)C(CC(=O)O)=CC[C@@H]12. The van der Waals surface area contributed by atoms with Gasteiger partial charge in [0, 0.05) is 18.8 Å². The second-order valence-electron chi connectivity index (χ2n) is 8.94. The van der Waals surface area contributed by atoms with Gasteiger partial charge in [-0.05, 0) is 54.4 Å². The summed E-state index contributed by atoms with van der Waals surface area (Å²) in [6.07, 6.45) is 8.46. The van der Waals surface area contributed by atoms with Crippen LogP contribution in [0.25, 0.3) is 0 Å². The molecular formula is C21H26O4. The highest BCUT2D eigenvalue weighted by Gasteiger charge is 2.60. The van der Waals surface area contributed by atoms with Crippen LogP contribution in [0.15, 0.2) is 23.3 Å². The maximum Gasteiger partial charge on any atom is 0.307 e. The molecule has 5 atom stereocenters. The van der Waals surface area contributed by atoms with E-state index in [0.29, 0.717) is 24.7 Å². The minimum atomic E-state index is -0.811. The van der Waals surface area contributed by atoms with E-state index in [-0.39, 0.29) is 34.7 Å². The van der Waals surface area contributed by atoms with Crippen LogP contribution < -0.4 is 0 Å². The molecule has 0 aromatic heterocycles. The number of hydrogen-bond donors (Lipinski definition) is 1. The van der Waals surface area contributed by atoms with E-state index in [0.717, 1.165) is 31.3 Å². The summed E-state index contributed by atoms with van der Waals surface area (Å²) in [5.74, 6) is 0.338. The smallest absolute Gasteiger partial charge is 0.307 e. The number of Topliss-reactive ketones (excluding diaryl/α,β-unsaturated/α-hetero) is 1. The topological polar surface area (TPSA) is 71.4 Å². The molecule has 0 radical (unpaired) electrons. The van der Waals surface area contributed by atoms with Gasteiger partial charge in [-0.3, -0.25) is 14.4 Å². The highest BCUT2D eigenvalue weighted by Crippen LogP contribution is 2.64. The largest absolute Gasteiger partial charge is 0.481 e. The molecule has 0 heterocycles. The van der Waals surface area contributed by atoms with Crippen LogP contribution in [-0.4, -0.2) is 22.6 Å². The lowest BCUT2D eigenvalue weighted by Gasteiger charge is -2.56. The van der Waals surface area contributed by atoms with Gasteiger partial charge in [0.15, 0.2) is 5.78 Å². The van der Waals surface area contributed by atoms with E-state index < -0.39 is 5.97 Å². The van der Waals surface area contributed by atoms with Crippen LogP contribution >= 0.6 is 0 Å². The first-order valence-corrected chi connectivity index (χ1v) is 9.43. The number of allylic oxidation sites excluding steroid dienone is 3. The summed E-state index contributed by atoms with van der Waals surface area (Å²) in [5.41, 5.74) is 1.66. The average Bonchev–Trinajstić information content (AvgIpc) is 2.83. The fraction of sp³-hybridized carbons (Fsp3) is 0.667. The monoisotopic (exact) mass is 342 g/mol. The zero-order valence-corrected chi connectivity index (χ0v) is 15.0. The van der Waals surface area contributed by atoms with Crippen molar-refractivity contribution in [2.75, 3.05) is 0 Å². The third kappa shape index (κ3) is 2.29. The molecule has 4 rings (SSSR count). The number of carboxylic acids is 1. The quantitative estimate of drug-likeness (QED) is 0.777. The van der Waals surface area contributed by atoms with Crippen LogP contribution in [0.5, 0.6) is 0 Å².